The second kappa shape index (κ2) is 5.36. The summed E-state index contributed by atoms with van der Waals surface area (Å²) < 4.78 is 7.76. The van der Waals surface area contributed by atoms with E-state index in [2.05, 4.69) is 43.4 Å². The van der Waals surface area contributed by atoms with Crippen molar-refractivity contribution in [3.8, 4) is 0 Å². The van der Waals surface area contributed by atoms with E-state index in [1.165, 1.54) is 49.4 Å². The topological polar surface area (TPSA) is 9.23 Å². The predicted octanol–water partition coefficient (Wildman–Crippen LogP) is 4.97. The van der Waals surface area contributed by atoms with Crippen LogP contribution in [-0.2, 0) is 4.74 Å². The molecule has 2 aliphatic rings. The van der Waals surface area contributed by atoms with Crippen LogP contribution in [0.15, 0.2) is 0 Å². The van der Waals surface area contributed by atoms with Gasteiger partial charge in [-0.3, -0.25) is 0 Å². The quantitative estimate of drug-likeness (QED) is 0.516. The summed E-state index contributed by atoms with van der Waals surface area (Å²) >= 11 is 2.53. The lowest BCUT2D eigenvalue weighted by Crippen LogP contribution is -2.41. The molecule has 0 heterocycles. The summed E-state index contributed by atoms with van der Waals surface area (Å²) in [5.41, 5.74) is 0.714. The van der Waals surface area contributed by atoms with E-state index in [9.17, 15) is 0 Å². The Hall–Kier alpha value is 0.690. The first-order chi connectivity index (χ1) is 7.95. The molecular formula is C15H27IO. The highest BCUT2D eigenvalue weighted by atomic mass is 127. The van der Waals surface area contributed by atoms with Gasteiger partial charge < -0.3 is 4.74 Å². The lowest BCUT2D eigenvalue weighted by atomic mass is 9.71. The van der Waals surface area contributed by atoms with Crippen LogP contribution in [0.4, 0.5) is 0 Å². The molecule has 0 amide bonds. The standard InChI is InChI=1S/C15H27IO/c1-12-8-13(10-14(2,3)9-12)17-15(11-16)6-4-5-7-15/h12-13H,4-11H2,1-3H3. The number of rotatable bonds is 3. The maximum atomic E-state index is 6.59. The molecular weight excluding hydrogens is 323 g/mol. The van der Waals surface area contributed by atoms with Crippen LogP contribution >= 0.6 is 22.6 Å². The highest BCUT2D eigenvalue weighted by Gasteiger charge is 2.40. The summed E-state index contributed by atoms with van der Waals surface area (Å²) in [6.45, 7) is 7.21. The summed E-state index contributed by atoms with van der Waals surface area (Å²) in [5, 5.41) is 0. The minimum Gasteiger partial charge on any atom is -0.371 e. The Morgan fingerprint density at radius 1 is 1.18 bits per heavy atom. The second-order valence-electron chi connectivity index (χ2n) is 7.18. The third kappa shape index (κ3) is 3.59. The molecule has 0 aliphatic heterocycles. The van der Waals surface area contributed by atoms with Gasteiger partial charge in [0.1, 0.15) is 0 Å². The van der Waals surface area contributed by atoms with Crippen molar-refractivity contribution in [3.05, 3.63) is 0 Å². The van der Waals surface area contributed by atoms with Crippen LogP contribution < -0.4 is 0 Å². The van der Waals surface area contributed by atoms with Crippen molar-refractivity contribution in [2.45, 2.75) is 77.4 Å². The Labute approximate surface area is 120 Å². The molecule has 0 spiro atoms. The lowest BCUT2D eigenvalue weighted by Gasteiger charge is -2.42. The molecule has 2 saturated carbocycles. The molecule has 2 atom stereocenters. The van der Waals surface area contributed by atoms with E-state index in [0.29, 0.717) is 11.5 Å². The fourth-order valence-corrected chi connectivity index (χ4v) is 4.95. The summed E-state index contributed by atoms with van der Waals surface area (Å²) in [4.78, 5) is 0. The Morgan fingerprint density at radius 3 is 2.35 bits per heavy atom. The van der Waals surface area contributed by atoms with Crippen LogP contribution in [0.3, 0.4) is 0 Å². The number of hydrogen-bond acceptors (Lipinski definition) is 1. The van der Waals surface area contributed by atoms with Crippen LogP contribution in [-0.4, -0.2) is 16.1 Å². The molecule has 2 rings (SSSR count). The van der Waals surface area contributed by atoms with Crippen LogP contribution in [0.1, 0.15) is 65.7 Å². The van der Waals surface area contributed by atoms with Crippen molar-refractivity contribution >= 4 is 22.6 Å². The van der Waals surface area contributed by atoms with E-state index in [0.717, 1.165) is 5.92 Å². The zero-order valence-electron chi connectivity index (χ0n) is 11.6. The monoisotopic (exact) mass is 350 g/mol. The first-order valence-electron chi connectivity index (χ1n) is 7.19. The van der Waals surface area contributed by atoms with Gasteiger partial charge in [-0.05, 0) is 43.4 Å². The van der Waals surface area contributed by atoms with Crippen LogP contribution in [0.25, 0.3) is 0 Å². The fourth-order valence-electron chi connectivity index (χ4n) is 4.00. The third-order valence-electron chi connectivity index (χ3n) is 4.52. The SMILES string of the molecule is CC1CC(OC2(CI)CCCC2)CC(C)(C)C1. The van der Waals surface area contributed by atoms with Crippen LogP contribution in [0.2, 0.25) is 0 Å². The maximum absolute atomic E-state index is 6.59. The van der Waals surface area contributed by atoms with Crippen molar-refractivity contribution in [2.75, 3.05) is 4.43 Å². The largest absolute Gasteiger partial charge is 0.371 e. The molecule has 0 N–H and O–H groups in total. The van der Waals surface area contributed by atoms with Gasteiger partial charge in [0.25, 0.3) is 0 Å². The zero-order chi connectivity index (χ0) is 12.5. The highest BCUT2D eigenvalue weighted by Crippen LogP contribution is 2.44. The number of halogens is 1. The summed E-state index contributed by atoms with van der Waals surface area (Å²) in [5.74, 6) is 0.830. The minimum atomic E-state index is 0.234. The molecule has 0 bridgehead atoms. The second-order valence-corrected chi connectivity index (χ2v) is 7.94. The van der Waals surface area contributed by atoms with Gasteiger partial charge in [0, 0.05) is 4.43 Å². The van der Waals surface area contributed by atoms with Crippen molar-refractivity contribution in [1.29, 1.82) is 0 Å². The molecule has 17 heavy (non-hydrogen) atoms. The molecule has 0 aromatic heterocycles. The van der Waals surface area contributed by atoms with E-state index in [-0.39, 0.29) is 5.60 Å². The van der Waals surface area contributed by atoms with Gasteiger partial charge in [-0.15, -0.1) is 0 Å². The summed E-state index contributed by atoms with van der Waals surface area (Å²) in [7, 11) is 0. The average molecular weight is 350 g/mol. The zero-order valence-corrected chi connectivity index (χ0v) is 13.8. The molecule has 0 saturated heterocycles. The maximum Gasteiger partial charge on any atom is 0.0775 e. The van der Waals surface area contributed by atoms with Gasteiger partial charge in [-0.1, -0.05) is 56.2 Å². The molecule has 2 unspecified atom stereocenters. The number of ether oxygens (including phenoxy) is 1. The normalized spacial score (nSPS) is 36.0. The van der Waals surface area contributed by atoms with Crippen LogP contribution in [0.5, 0.6) is 0 Å². The minimum absolute atomic E-state index is 0.234. The first kappa shape index (κ1) is 14.1. The molecule has 0 aromatic rings. The van der Waals surface area contributed by atoms with Crippen molar-refractivity contribution in [3.63, 3.8) is 0 Å². The van der Waals surface area contributed by atoms with E-state index in [4.69, 9.17) is 4.74 Å². The van der Waals surface area contributed by atoms with E-state index >= 15 is 0 Å². The first-order valence-corrected chi connectivity index (χ1v) is 8.71. The highest BCUT2D eigenvalue weighted by molar-refractivity contribution is 14.1. The van der Waals surface area contributed by atoms with E-state index < -0.39 is 0 Å². The molecule has 0 aromatic carbocycles. The molecule has 1 nitrogen and oxygen atoms in total. The Bertz CT molecular complexity index is 256. The smallest absolute Gasteiger partial charge is 0.0775 e. The molecule has 100 valence electrons. The summed E-state index contributed by atoms with van der Waals surface area (Å²) in [6.07, 6.45) is 9.75. The van der Waals surface area contributed by atoms with Crippen molar-refractivity contribution in [2.24, 2.45) is 11.3 Å². The van der Waals surface area contributed by atoms with Gasteiger partial charge in [0.05, 0.1) is 11.7 Å². The van der Waals surface area contributed by atoms with Crippen molar-refractivity contribution < 1.29 is 4.74 Å². The van der Waals surface area contributed by atoms with Gasteiger partial charge in [-0.2, -0.15) is 0 Å². The van der Waals surface area contributed by atoms with Gasteiger partial charge in [0.15, 0.2) is 0 Å². The van der Waals surface area contributed by atoms with Gasteiger partial charge >= 0.3 is 0 Å². The van der Waals surface area contributed by atoms with E-state index in [1.807, 2.05) is 0 Å². The Balaban J connectivity index is 1.97. The van der Waals surface area contributed by atoms with Gasteiger partial charge in [-0.25, -0.2) is 0 Å². The number of alkyl halides is 1. The summed E-state index contributed by atoms with van der Waals surface area (Å²) in [6, 6.07) is 0. The molecule has 2 heteroatoms. The third-order valence-corrected chi connectivity index (χ3v) is 5.91. The van der Waals surface area contributed by atoms with Crippen molar-refractivity contribution in [1.82, 2.24) is 0 Å². The molecule has 2 fully saturated rings. The molecule has 2 aliphatic carbocycles. The fraction of sp³-hybridized carbons (Fsp3) is 1.00. The van der Waals surface area contributed by atoms with Crippen LogP contribution in [0, 0.1) is 11.3 Å². The Morgan fingerprint density at radius 2 is 1.82 bits per heavy atom. The lowest BCUT2D eigenvalue weighted by molar-refractivity contribution is -0.111. The average Bonchev–Trinajstić information content (AvgIpc) is 2.63. The predicted molar refractivity (Wildman–Crippen MR) is 81.8 cm³/mol. The Kier molecular flexibility index (Phi) is 4.45. The molecule has 0 radical (unpaired) electrons. The van der Waals surface area contributed by atoms with Gasteiger partial charge in [0.2, 0.25) is 0 Å². The number of hydrogen-bond donors (Lipinski definition) is 0. The van der Waals surface area contributed by atoms with E-state index in [1.54, 1.807) is 0 Å².